The Morgan fingerprint density at radius 1 is 1.24 bits per heavy atom. The first-order chi connectivity index (χ1) is 8.09. The summed E-state index contributed by atoms with van der Waals surface area (Å²) < 4.78 is 5.93. The Morgan fingerprint density at radius 2 is 1.76 bits per heavy atom. The van der Waals surface area contributed by atoms with Crippen molar-refractivity contribution in [2.75, 3.05) is 0 Å². The van der Waals surface area contributed by atoms with E-state index in [1.165, 1.54) is 25.7 Å². The smallest absolute Gasteiger partial charge is 0.309 e. The molecular weight excluding hydrogens is 212 g/mol. The molecule has 0 aromatic carbocycles. The highest BCUT2D eigenvalue weighted by Gasteiger charge is 2.41. The summed E-state index contributed by atoms with van der Waals surface area (Å²) >= 11 is 0. The maximum Gasteiger partial charge on any atom is 0.309 e. The van der Waals surface area contributed by atoms with Crippen LogP contribution in [0.15, 0.2) is 0 Å². The lowest BCUT2D eigenvalue weighted by atomic mass is 9.81. The third-order valence-corrected chi connectivity index (χ3v) is 4.61. The molecule has 1 aliphatic rings. The third-order valence-electron chi connectivity index (χ3n) is 4.61. The van der Waals surface area contributed by atoms with Crippen molar-refractivity contribution >= 4 is 5.97 Å². The van der Waals surface area contributed by atoms with Crippen molar-refractivity contribution in [3.8, 4) is 0 Å². The molecule has 100 valence electrons. The van der Waals surface area contributed by atoms with Crippen LogP contribution in [0, 0.1) is 11.8 Å². The number of ether oxygens (including phenoxy) is 1. The summed E-state index contributed by atoms with van der Waals surface area (Å²) in [5.41, 5.74) is -0.184. The monoisotopic (exact) mass is 240 g/mol. The van der Waals surface area contributed by atoms with Crippen LogP contribution in [0.2, 0.25) is 0 Å². The van der Waals surface area contributed by atoms with E-state index < -0.39 is 0 Å². The van der Waals surface area contributed by atoms with E-state index in [0.29, 0.717) is 5.92 Å². The minimum absolute atomic E-state index is 0.00287. The molecule has 17 heavy (non-hydrogen) atoms. The zero-order valence-electron chi connectivity index (χ0n) is 11.9. The molecule has 0 spiro atoms. The molecule has 0 heterocycles. The summed E-state index contributed by atoms with van der Waals surface area (Å²) in [6, 6.07) is 0. The fourth-order valence-electron chi connectivity index (χ4n) is 2.97. The van der Waals surface area contributed by atoms with Crippen molar-refractivity contribution < 1.29 is 9.53 Å². The largest absolute Gasteiger partial charge is 0.459 e. The lowest BCUT2D eigenvalue weighted by Gasteiger charge is -2.38. The van der Waals surface area contributed by atoms with Crippen LogP contribution in [0.3, 0.4) is 0 Å². The quantitative estimate of drug-likeness (QED) is 0.646. The summed E-state index contributed by atoms with van der Waals surface area (Å²) in [5.74, 6) is 0.627. The maximum absolute atomic E-state index is 12.0. The van der Waals surface area contributed by atoms with E-state index in [1.807, 2.05) is 13.8 Å². The van der Waals surface area contributed by atoms with Crippen LogP contribution in [-0.2, 0) is 9.53 Å². The molecule has 0 radical (unpaired) electrons. The van der Waals surface area contributed by atoms with E-state index in [9.17, 15) is 4.79 Å². The van der Waals surface area contributed by atoms with E-state index in [-0.39, 0.29) is 17.5 Å². The van der Waals surface area contributed by atoms with Gasteiger partial charge in [0.25, 0.3) is 0 Å². The normalized spacial score (nSPS) is 19.3. The average Bonchev–Trinajstić information content (AvgIpc) is 2.89. The lowest BCUT2D eigenvalue weighted by Crippen LogP contribution is -2.41. The van der Waals surface area contributed by atoms with Gasteiger partial charge in [0.2, 0.25) is 0 Å². The highest BCUT2D eigenvalue weighted by Crippen LogP contribution is 2.41. The van der Waals surface area contributed by atoms with Crippen LogP contribution in [0.4, 0.5) is 0 Å². The molecule has 0 N–H and O–H groups in total. The molecule has 0 aromatic heterocycles. The summed E-state index contributed by atoms with van der Waals surface area (Å²) in [6.07, 6.45) is 7.84. The molecule has 0 bridgehead atoms. The third kappa shape index (κ3) is 3.23. The van der Waals surface area contributed by atoms with Crippen LogP contribution >= 0.6 is 0 Å². The number of esters is 1. The second kappa shape index (κ2) is 6.42. The second-order valence-corrected chi connectivity index (χ2v) is 5.48. The molecule has 1 atom stereocenters. The number of carbonyl (C=O) groups is 1. The molecule has 1 fully saturated rings. The predicted molar refractivity (Wildman–Crippen MR) is 70.8 cm³/mol. The first-order valence-corrected chi connectivity index (χ1v) is 7.32. The summed E-state index contributed by atoms with van der Waals surface area (Å²) in [4.78, 5) is 12.0. The molecular formula is C15H28O2. The zero-order chi connectivity index (χ0) is 12.9. The van der Waals surface area contributed by atoms with Crippen LogP contribution in [0.1, 0.15) is 72.6 Å². The number of hydrogen-bond donors (Lipinski definition) is 0. The van der Waals surface area contributed by atoms with Crippen molar-refractivity contribution in [2.24, 2.45) is 11.8 Å². The number of carbonyl (C=O) groups excluding carboxylic acids is 1. The Labute approximate surface area is 106 Å². The van der Waals surface area contributed by atoms with Gasteiger partial charge < -0.3 is 4.74 Å². The van der Waals surface area contributed by atoms with E-state index in [4.69, 9.17) is 4.74 Å². The van der Waals surface area contributed by atoms with E-state index in [2.05, 4.69) is 13.8 Å². The molecule has 0 aromatic rings. The average molecular weight is 240 g/mol. The minimum atomic E-state index is -0.184. The highest BCUT2D eigenvalue weighted by molar-refractivity contribution is 5.72. The standard InChI is InChI=1S/C15H28O2/c1-5-12(4)14(16)17-15(6-2,7-3)13-10-8-9-11-13/h12-13H,5-11H2,1-4H3. The van der Waals surface area contributed by atoms with Gasteiger partial charge in [0.15, 0.2) is 0 Å². The van der Waals surface area contributed by atoms with Gasteiger partial charge in [-0.3, -0.25) is 4.79 Å². The summed E-state index contributed by atoms with van der Waals surface area (Å²) in [5, 5.41) is 0. The van der Waals surface area contributed by atoms with Crippen LogP contribution in [-0.4, -0.2) is 11.6 Å². The maximum atomic E-state index is 12.0. The van der Waals surface area contributed by atoms with E-state index in [1.54, 1.807) is 0 Å². The Balaban J connectivity index is 2.73. The van der Waals surface area contributed by atoms with Crippen molar-refractivity contribution in [1.82, 2.24) is 0 Å². The summed E-state index contributed by atoms with van der Waals surface area (Å²) in [6.45, 7) is 8.32. The van der Waals surface area contributed by atoms with Gasteiger partial charge in [-0.2, -0.15) is 0 Å². The van der Waals surface area contributed by atoms with E-state index in [0.717, 1.165) is 19.3 Å². The Morgan fingerprint density at radius 3 is 2.18 bits per heavy atom. The fraction of sp³-hybridized carbons (Fsp3) is 0.933. The molecule has 1 aliphatic carbocycles. The molecule has 2 nitrogen and oxygen atoms in total. The van der Waals surface area contributed by atoms with Gasteiger partial charge >= 0.3 is 5.97 Å². The second-order valence-electron chi connectivity index (χ2n) is 5.48. The predicted octanol–water partition coefficient (Wildman–Crippen LogP) is 4.32. The van der Waals surface area contributed by atoms with E-state index >= 15 is 0 Å². The van der Waals surface area contributed by atoms with Crippen molar-refractivity contribution in [3.63, 3.8) is 0 Å². The Hall–Kier alpha value is -0.530. The number of hydrogen-bond acceptors (Lipinski definition) is 2. The lowest BCUT2D eigenvalue weighted by molar-refractivity contribution is -0.172. The first kappa shape index (κ1) is 14.5. The zero-order valence-corrected chi connectivity index (χ0v) is 11.9. The van der Waals surface area contributed by atoms with Crippen LogP contribution in [0.5, 0.6) is 0 Å². The molecule has 0 saturated heterocycles. The minimum Gasteiger partial charge on any atom is -0.459 e. The molecule has 2 heteroatoms. The molecule has 1 rings (SSSR count). The molecule has 1 saturated carbocycles. The molecule has 1 unspecified atom stereocenters. The fourth-order valence-corrected chi connectivity index (χ4v) is 2.97. The Bertz CT molecular complexity index is 237. The van der Waals surface area contributed by atoms with Gasteiger partial charge in [-0.25, -0.2) is 0 Å². The molecule has 0 aliphatic heterocycles. The highest BCUT2D eigenvalue weighted by atomic mass is 16.6. The van der Waals surface area contributed by atoms with Gasteiger partial charge in [0.1, 0.15) is 5.60 Å². The van der Waals surface area contributed by atoms with Gasteiger partial charge in [-0.05, 0) is 38.0 Å². The van der Waals surface area contributed by atoms with Gasteiger partial charge in [0, 0.05) is 0 Å². The van der Waals surface area contributed by atoms with Gasteiger partial charge in [-0.15, -0.1) is 0 Å². The Kier molecular flexibility index (Phi) is 5.48. The van der Waals surface area contributed by atoms with Gasteiger partial charge in [-0.1, -0.05) is 40.5 Å². The number of rotatable bonds is 6. The van der Waals surface area contributed by atoms with Crippen molar-refractivity contribution in [2.45, 2.75) is 78.2 Å². The molecule has 0 amide bonds. The van der Waals surface area contributed by atoms with Crippen molar-refractivity contribution in [1.29, 1.82) is 0 Å². The van der Waals surface area contributed by atoms with Gasteiger partial charge in [0.05, 0.1) is 5.92 Å². The first-order valence-electron chi connectivity index (χ1n) is 7.32. The topological polar surface area (TPSA) is 26.3 Å². The van der Waals surface area contributed by atoms with Crippen LogP contribution in [0.25, 0.3) is 0 Å². The van der Waals surface area contributed by atoms with Crippen LogP contribution < -0.4 is 0 Å². The summed E-state index contributed by atoms with van der Waals surface area (Å²) in [7, 11) is 0. The van der Waals surface area contributed by atoms with Crippen molar-refractivity contribution in [3.05, 3.63) is 0 Å². The SMILES string of the molecule is CCC(C)C(=O)OC(CC)(CC)C1CCCC1.